The van der Waals surface area contributed by atoms with Crippen LogP contribution in [-0.4, -0.2) is 17.6 Å². The number of carbonyl (C=O) groups excluding carboxylic acids is 1. The SMILES string of the molecule is CCOC(=O)c1c(C#N)ccnc1Cl. The van der Waals surface area contributed by atoms with Crippen molar-refractivity contribution in [1.29, 1.82) is 5.26 Å². The van der Waals surface area contributed by atoms with Crippen molar-refractivity contribution in [3.05, 3.63) is 28.5 Å². The topological polar surface area (TPSA) is 63.0 Å². The molecule has 72 valence electrons. The highest BCUT2D eigenvalue weighted by molar-refractivity contribution is 6.32. The summed E-state index contributed by atoms with van der Waals surface area (Å²) >= 11 is 5.68. The zero-order valence-electron chi connectivity index (χ0n) is 7.45. The molecule has 0 N–H and O–H groups in total. The second kappa shape index (κ2) is 4.58. The maximum atomic E-state index is 11.3. The fourth-order valence-corrected chi connectivity index (χ4v) is 1.16. The Morgan fingerprint density at radius 2 is 2.50 bits per heavy atom. The van der Waals surface area contributed by atoms with E-state index in [4.69, 9.17) is 21.6 Å². The molecule has 1 rings (SSSR count). The van der Waals surface area contributed by atoms with Gasteiger partial charge in [-0.3, -0.25) is 0 Å². The number of hydrogen-bond acceptors (Lipinski definition) is 4. The molecule has 14 heavy (non-hydrogen) atoms. The lowest BCUT2D eigenvalue weighted by Gasteiger charge is -2.04. The summed E-state index contributed by atoms with van der Waals surface area (Å²) in [6.45, 7) is 1.91. The molecule has 0 unspecified atom stereocenters. The molecular weight excluding hydrogens is 204 g/mol. The van der Waals surface area contributed by atoms with Crippen LogP contribution < -0.4 is 0 Å². The molecule has 0 saturated carbocycles. The molecule has 1 aromatic heterocycles. The van der Waals surface area contributed by atoms with Gasteiger partial charge in [0, 0.05) is 6.20 Å². The maximum Gasteiger partial charge on any atom is 0.342 e. The van der Waals surface area contributed by atoms with Crippen molar-refractivity contribution in [3.8, 4) is 6.07 Å². The Balaban J connectivity index is 3.18. The van der Waals surface area contributed by atoms with Gasteiger partial charge < -0.3 is 4.74 Å². The highest BCUT2D eigenvalue weighted by Gasteiger charge is 2.17. The number of rotatable bonds is 2. The molecule has 1 aromatic rings. The predicted octanol–water partition coefficient (Wildman–Crippen LogP) is 1.78. The zero-order chi connectivity index (χ0) is 10.6. The number of pyridine rings is 1. The lowest BCUT2D eigenvalue weighted by Crippen LogP contribution is -2.08. The van der Waals surface area contributed by atoms with Gasteiger partial charge in [0.2, 0.25) is 0 Å². The number of nitrogens with zero attached hydrogens (tertiary/aromatic N) is 2. The van der Waals surface area contributed by atoms with Crippen LogP contribution in [0.1, 0.15) is 22.8 Å². The quantitative estimate of drug-likeness (QED) is 0.551. The van der Waals surface area contributed by atoms with E-state index in [2.05, 4.69) is 4.98 Å². The Labute approximate surface area is 86.1 Å². The average Bonchev–Trinajstić information content (AvgIpc) is 2.17. The van der Waals surface area contributed by atoms with E-state index >= 15 is 0 Å². The van der Waals surface area contributed by atoms with Crippen LogP contribution in [0.25, 0.3) is 0 Å². The minimum atomic E-state index is -0.623. The summed E-state index contributed by atoms with van der Waals surface area (Å²) in [5.74, 6) is -0.623. The molecule has 0 aromatic carbocycles. The minimum absolute atomic E-state index is 0.0116. The molecule has 0 amide bonds. The standard InChI is InChI=1S/C9H7ClN2O2/c1-2-14-9(13)7-6(5-11)3-4-12-8(7)10/h3-4H,2H2,1H3. The third-order valence-electron chi connectivity index (χ3n) is 1.50. The third kappa shape index (κ3) is 2.01. The molecule has 0 radical (unpaired) electrons. The first-order valence-electron chi connectivity index (χ1n) is 3.92. The Kier molecular flexibility index (Phi) is 3.43. The fourth-order valence-electron chi connectivity index (χ4n) is 0.927. The lowest BCUT2D eigenvalue weighted by atomic mass is 10.1. The van der Waals surface area contributed by atoms with Crippen molar-refractivity contribution in [3.63, 3.8) is 0 Å². The van der Waals surface area contributed by atoms with Crippen LogP contribution in [0, 0.1) is 11.3 Å². The first kappa shape index (κ1) is 10.5. The molecule has 4 nitrogen and oxygen atoms in total. The molecule has 0 aliphatic heterocycles. The third-order valence-corrected chi connectivity index (χ3v) is 1.79. The van der Waals surface area contributed by atoms with Gasteiger partial charge in [-0.25, -0.2) is 9.78 Å². The van der Waals surface area contributed by atoms with Gasteiger partial charge >= 0.3 is 5.97 Å². The normalized spacial score (nSPS) is 9.21. The zero-order valence-corrected chi connectivity index (χ0v) is 8.21. The summed E-state index contributed by atoms with van der Waals surface area (Å²) in [6, 6.07) is 3.27. The Morgan fingerprint density at radius 1 is 1.79 bits per heavy atom. The summed E-state index contributed by atoms with van der Waals surface area (Å²) in [5, 5.41) is 8.70. The van der Waals surface area contributed by atoms with Crippen LogP contribution in [0.5, 0.6) is 0 Å². The number of aromatic nitrogens is 1. The van der Waals surface area contributed by atoms with E-state index in [-0.39, 0.29) is 22.9 Å². The molecular formula is C9H7ClN2O2. The number of hydrogen-bond donors (Lipinski definition) is 0. The highest BCUT2D eigenvalue weighted by Crippen LogP contribution is 2.17. The molecule has 1 heterocycles. The van der Waals surface area contributed by atoms with Crippen LogP contribution >= 0.6 is 11.6 Å². The van der Waals surface area contributed by atoms with Crippen molar-refractivity contribution < 1.29 is 9.53 Å². The molecule has 0 bridgehead atoms. The number of carbonyl (C=O) groups is 1. The summed E-state index contributed by atoms with van der Waals surface area (Å²) in [5.41, 5.74) is 0.196. The number of halogens is 1. The second-order valence-corrected chi connectivity index (χ2v) is 2.71. The van der Waals surface area contributed by atoms with Gasteiger partial charge in [-0.2, -0.15) is 5.26 Å². The fraction of sp³-hybridized carbons (Fsp3) is 0.222. The number of nitriles is 1. The first-order valence-corrected chi connectivity index (χ1v) is 4.30. The van der Waals surface area contributed by atoms with Gasteiger partial charge in [-0.05, 0) is 13.0 Å². The first-order chi connectivity index (χ1) is 6.70. The van der Waals surface area contributed by atoms with Crippen molar-refractivity contribution in [1.82, 2.24) is 4.98 Å². The van der Waals surface area contributed by atoms with E-state index < -0.39 is 5.97 Å². The van der Waals surface area contributed by atoms with Crippen molar-refractivity contribution >= 4 is 17.6 Å². The summed E-state index contributed by atoms with van der Waals surface area (Å²) in [4.78, 5) is 15.1. The Bertz CT molecular complexity index is 398. The minimum Gasteiger partial charge on any atom is -0.462 e. The molecule has 0 fully saturated rings. The smallest absolute Gasteiger partial charge is 0.342 e. The molecule has 0 aliphatic carbocycles. The van der Waals surface area contributed by atoms with Crippen LogP contribution in [0.4, 0.5) is 0 Å². The summed E-state index contributed by atoms with van der Waals surface area (Å²) in [6.07, 6.45) is 1.36. The summed E-state index contributed by atoms with van der Waals surface area (Å²) < 4.78 is 4.74. The van der Waals surface area contributed by atoms with Crippen LogP contribution in [0.3, 0.4) is 0 Å². The lowest BCUT2D eigenvalue weighted by molar-refractivity contribution is 0.0526. The van der Waals surface area contributed by atoms with Gasteiger partial charge in [0.1, 0.15) is 16.8 Å². The second-order valence-electron chi connectivity index (χ2n) is 2.36. The van der Waals surface area contributed by atoms with Crippen molar-refractivity contribution in [2.45, 2.75) is 6.92 Å². The Morgan fingerprint density at radius 3 is 3.07 bits per heavy atom. The van der Waals surface area contributed by atoms with Crippen LogP contribution in [0.15, 0.2) is 12.3 Å². The molecule has 0 spiro atoms. The maximum absolute atomic E-state index is 11.3. The molecule has 0 aliphatic rings. The predicted molar refractivity (Wildman–Crippen MR) is 49.9 cm³/mol. The molecule has 0 atom stereocenters. The van der Waals surface area contributed by atoms with Gasteiger partial charge in [0.25, 0.3) is 0 Å². The average molecular weight is 211 g/mol. The van der Waals surface area contributed by atoms with E-state index in [1.165, 1.54) is 12.3 Å². The van der Waals surface area contributed by atoms with Crippen molar-refractivity contribution in [2.75, 3.05) is 6.61 Å². The van der Waals surface area contributed by atoms with Crippen LogP contribution in [-0.2, 0) is 4.74 Å². The monoisotopic (exact) mass is 210 g/mol. The highest BCUT2D eigenvalue weighted by atomic mass is 35.5. The van der Waals surface area contributed by atoms with Crippen LogP contribution in [0.2, 0.25) is 5.15 Å². The summed E-state index contributed by atoms with van der Waals surface area (Å²) in [7, 11) is 0. The largest absolute Gasteiger partial charge is 0.462 e. The van der Waals surface area contributed by atoms with Gasteiger partial charge in [0.15, 0.2) is 0 Å². The number of ether oxygens (including phenoxy) is 1. The van der Waals surface area contributed by atoms with E-state index in [9.17, 15) is 4.79 Å². The van der Waals surface area contributed by atoms with Gasteiger partial charge in [-0.1, -0.05) is 11.6 Å². The van der Waals surface area contributed by atoms with Crippen molar-refractivity contribution in [2.24, 2.45) is 0 Å². The Hall–Kier alpha value is -1.60. The van der Waals surface area contributed by atoms with E-state index in [0.717, 1.165) is 0 Å². The number of esters is 1. The molecule has 5 heteroatoms. The van der Waals surface area contributed by atoms with Gasteiger partial charge in [-0.15, -0.1) is 0 Å². The van der Waals surface area contributed by atoms with Gasteiger partial charge in [0.05, 0.1) is 12.2 Å². The van der Waals surface area contributed by atoms with E-state index in [1.54, 1.807) is 6.92 Å². The molecule has 0 saturated heterocycles. The van der Waals surface area contributed by atoms with E-state index in [1.807, 2.05) is 6.07 Å². The van der Waals surface area contributed by atoms with E-state index in [0.29, 0.717) is 0 Å².